The van der Waals surface area contributed by atoms with Gasteiger partial charge in [-0.05, 0) is 25.7 Å². The average Bonchev–Trinajstić information content (AvgIpc) is 2.16. The van der Waals surface area contributed by atoms with E-state index in [-0.39, 0.29) is 0 Å². The highest BCUT2D eigenvalue weighted by atomic mass is 79.9. The van der Waals surface area contributed by atoms with Crippen LogP contribution in [-0.2, 0) is 0 Å². The molecule has 0 aromatic rings. The third-order valence-corrected chi connectivity index (χ3v) is 2.42. The Morgan fingerprint density at radius 3 is 2.08 bits per heavy atom. The molecule has 0 radical (unpaired) electrons. The smallest absolute Gasteiger partial charge is 0.00314 e. The number of alkyl halides is 1. The Morgan fingerprint density at radius 1 is 0.923 bits per heavy atom. The summed E-state index contributed by atoms with van der Waals surface area (Å²) < 4.78 is 0. The van der Waals surface area contributed by atoms with Gasteiger partial charge in [0.05, 0.1) is 0 Å². The van der Waals surface area contributed by atoms with E-state index in [1.165, 1.54) is 38.5 Å². The van der Waals surface area contributed by atoms with E-state index < -0.39 is 0 Å². The lowest BCUT2D eigenvalue weighted by Crippen LogP contribution is -1.72. The molecule has 0 amide bonds. The maximum atomic E-state index is 3.42. The fourth-order valence-corrected chi connectivity index (χ4v) is 1.42. The molecule has 0 rings (SSSR count). The van der Waals surface area contributed by atoms with Crippen LogP contribution in [0, 0.1) is 0 Å². The molecule has 0 bridgehead atoms. The molecule has 0 atom stereocenters. The average molecular weight is 245 g/mol. The fourth-order valence-electron chi connectivity index (χ4n) is 1.03. The van der Waals surface area contributed by atoms with Crippen molar-refractivity contribution in [3.63, 3.8) is 0 Å². The van der Waals surface area contributed by atoms with Crippen LogP contribution in [0.3, 0.4) is 0 Å². The number of hydrogen-bond acceptors (Lipinski definition) is 0. The van der Waals surface area contributed by atoms with Crippen molar-refractivity contribution < 1.29 is 0 Å². The van der Waals surface area contributed by atoms with Gasteiger partial charge in [-0.2, -0.15) is 0 Å². The molecule has 0 aromatic carbocycles. The lowest BCUT2D eigenvalue weighted by molar-refractivity contribution is 0.814. The first kappa shape index (κ1) is 13.0. The Bertz CT molecular complexity index is 136. The predicted molar refractivity (Wildman–Crippen MR) is 65.5 cm³/mol. The third-order valence-electron chi connectivity index (χ3n) is 1.86. The Morgan fingerprint density at radius 2 is 1.54 bits per heavy atom. The number of hydrogen-bond donors (Lipinski definition) is 0. The van der Waals surface area contributed by atoms with Crippen molar-refractivity contribution in [2.24, 2.45) is 0 Å². The molecule has 0 fully saturated rings. The van der Waals surface area contributed by atoms with Gasteiger partial charge in [0.15, 0.2) is 0 Å². The summed E-state index contributed by atoms with van der Waals surface area (Å²) in [6.07, 6.45) is 16.5. The quantitative estimate of drug-likeness (QED) is 0.325. The van der Waals surface area contributed by atoms with E-state index in [0.29, 0.717) is 0 Å². The Hall–Kier alpha value is -0.0400. The van der Waals surface area contributed by atoms with Crippen LogP contribution >= 0.6 is 15.9 Å². The number of rotatable bonds is 8. The summed E-state index contributed by atoms with van der Waals surface area (Å²) in [5.41, 5.74) is 0. The van der Waals surface area contributed by atoms with E-state index in [4.69, 9.17) is 0 Å². The highest BCUT2D eigenvalue weighted by molar-refractivity contribution is 9.09. The molecule has 0 saturated heterocycles. The maximum absolute atomic E-state index is 3.42. The summed E-state index contributed by atoms with van der Waals surface area (Å²) in [5.74, 6) is 0. The van der Waals surface area contributed by atoms with Crippen LogP contribution in [0.2, 0.25) is 0 Å². The molecule has 0 unspecified atom stereocenters. The van der Waals surface area contributed by atoms with Crippen molar-refractivity contribution in [2.45, 2.75) is 45.4 Å². The van der Waals surface area contributed by atoms with Gasteiger partial charge in [-0.3, -0.25) is 0 Å². The zero-order chi connectivity index (χ0) is 9.78. The normalized spacial score (nSPS) is 11.8. The summed E-state index contributed by atoms with van der Waals surface area (Å²) in [5, 5.41) is 1.13. The van der Waals surface area contributed by atoms with Crippen LogP contribution in [0.25, 0.3) is 0 Å². The minimum Gasteiger partial charge on any atom is -0.0928 e. The fraction of sp³-hybridized carbons (Fsp3) is 0.667. The van der Waals surface area contributed by atoms with Crippen molar-refractivity contribution in [2.75, 3.05) is 5.33 Å². The summed E-state index contributed by atoms with van der Waals surface area (Å²) in [6.45, 7) is 2.23. The highest BCUT2D eigenvalue weighted by Gasteiger charge is 1.80. The number of unbranched alkanes of at least 4 members (excludes halogenated alkanes) is 4. The molecule has 0 heterocycles. The van der Waals surface area contributed by atoms with Gasteiger partial charge in [0.25, 0.3) is 0 Å². The minimum absolute atomic E-state index is 1.13. The second-order valence-corrected chi connectivity index (χ2v) is 3.98. The summed E-state index contributed by atoms with van der Waals surface area (Å²) in [7, 11) is 0. The molecule has 0 aliphatic heterocycles. The summed E-state index contributed by atoms with van der Waals surface area (Å²) in [6, 6.07) is 0. The highest BCUT2D eigenvalue weighted by Crippen LogP contribution is 2.00. The summed E-state index contributed by atoms with van der Waals surface area (Å²) in [4.78, 5) is 0. The van der Waals surface area contributed by atoms with Gasteiger partial charge >= 0.3 is 0 Å². The molecular weight excluding hydrogens is 224 g/mol. The second-order valence-electron chi connectivity index (χ2n) is 3.18. The van der Waals surface area contributed by atoms with Crippen molar-refractivity contribution >= 4 is 15.9 Å². The van der Waals surface area contributed by atoms with Gasteiger partial charge in [-0.15, -0.1) is 0 Å². The standard InChI is InChI=1S/C12H21Br/c1-2-3-4-5-6-7-8-9-10-11-12-13/h5-8H,2-4,9-12H2,1H3/b6-5+,8-7+. The number of halogens is 1. The molecule has 13 heavy (non-hydrogen) atoms. The van der Waals surface area contributed by atoms with Crippen molar-refractivity contribution in [3.05, 3.63) is 24.3 Å². The van der Waals surface area contributed by atoms with Crippen LogP contribution in [0.15, 0.2) is 24.3 Å². The van der Waals surface area contributed by atoms with E-state index in [2.05, 4.69) is 47.2 Å². The van der Waals surface area contributed by atoms with E-state index in [1.807, 2.05) is 0 Å². The Labute approximate surface area is 91.2 Å². The van der Waals surface area contributed by atoms with E-state index in [9.17, 15) is 0 Å². The lowest BCUT2D eigenvalue weighted by Gasteiger charge is -1.89. The molecule has 1 heteroatoms. The number of allylic oxidation sites excluding steroid dienone is 4. The summed E-state index contributed by atoms with van der Waals surface area (Å²) >= 11 is 3.42. The monoisotopic (exact) mass is 244 g/mol. The van der Waals surface area contributed by atoms with E-state index >= 15 is 0 Å². The SMILES string of the molecule is CCCC/C=C/C=C/CCCCBr. The molecule has 0 aliphatic rings. The topological polar surface area (TPSA) is 0 Å². The van der Waals surface area contributed by atoms with Crippen molar-refractivity contribution in [1.82, 2.24) is 0 Å². The van der Waals surface area contributed by atoms with Gasteiger partial charge in [-0.25, -0.2) is 0 Å². The van der Waals surface area contributed by atoms with Crippen molar-refractivity contribution in [3.8, 4) is 0 Å². The molecule has 0 spiro atoms. The van der Waals surface area contributed by atoms with Gasteiger partial charge in [0.2, 0.25) is 0 Å². The minimum atomic E-state index is 1.13. The molecule has 0 nitrogen and oxygen atoms in total. The molecule has 0 aromatic heterocycles. The Balaban J connectivity index is 3.15. The molecular formula is C12H21Br. The van der Waals surface area contributed by atoms with Crippen LogP contribution in [0.5, 0.6) is 0 Å². The maximum Gasteiger partial charge on any atom is 0.00314 e. The predicted octanol–water partition coefficient (Wildman–Crippen LogP) is 4.85. The zero-order valence-electron chi connectivity index (χ0n) is 8.64. The van der Waals surface area contributed by atoms with Gasteiger partial charge in [-0.1, -0.05) is 60.0 Å². The van der Waals surface area contributed by atoms with Gasteiger partial charge in [0.1, 0.15) is 0 Å². The second kappa shape index (κ2) is 12.0. The zero-order valence-corrected chi connectivity index (χ0v) is 10.2. The molecule has 0 N–H and O–H groups in total. The van der Waals surface area contributed by atoms with E-state index in [0.717, 1.165) is 5.33 Å². The first-order chi connectivity index (χ1) is 6.41. The van der Waals surface area contributed by atoms with Crippen LogP contribution in [0.4, 0.5) is 0 Å². The van der Waals surface area contributed by atoms with Crippen LogP contribution in [0.1, 0.15) is 45.4 Å². The molecule has 0 aliphatic carbocycles. The van der Waals surface area contributed by atoms with Crippen LogP contribution < -0.4 is 0 Å². The van der Waals surface area contributed by atoms with E-state index in [1.54, 1.807) is 0 Å². The first-order valence-electron chi connectivity index (χ1n) is 5.29. The Kier molecular flexibility index (Phi) is 11.9. The molecule has 0 saturated carbocycles. The largest absolute Gasteiger partial charge is 0.0928 e. The van der Waals surface area contributed by atoms with Gasteiger partial charge in [0, 0.05) is 5.33 Å². The lowest BCUT2D eigenvalue weighted by atomic mass is 10.2. The first-order valence-corrected chi connectivity index (χ1v) is 6.41. The third kappa shape index (κ3) is 12.0. The molecule has 76 valence electrons. The van der Waals surface area contributed by atoms with Gasteiger partial charge < -0.3 is 0 Å². The van der Waals surface area contributed by atoms with Crippen molar-refractivity contribution in [1.29, 1.82) is 0 Å². The van der Waals surface area contributed by atoms with Crippen LogP contribution in [-0.4, -0.2) is 5.33 Å².